The Morgan fingerprint density at radius 3 is 2.29 bits per heavy atom. The van der Waals surface area contributed by atoms with Crippen LogP contribution in [0, 0.1) is 5.82 Å². The number of methoxy groups -OCH3 is 3. The maximum atomic E-state index is 13.2. The first-order valence-electron chi connectivity index (χ1n) is 11.1. The van der Waals surface area contributed by atoms with Gasteiger partial charge in [-0.1, -0.05) is 24.2 Å². The van der Waals surface area contributed by atoms with Crippen LogP contribution < -0.4 is 14.2 Å². The Balaban J connectivity index is 1.73. The van der Waals surface area contributed by atoms with E-state index in [0.29, 0.717) is 47.5 Å². The zero-order valence-corrected chi connectivity index (χ0v) is 20.1. The zero-order chi connectivity index (χ0) is 24.7. The van der Waals surface area contributed by atoms with E-state index in [1.54, 1.807) is 29.2 Å². The minimum atomic E-state index is -0.325. The summed E-state index contributed by atoms with van der Waals surface area (Å²) >= 11 is 0. The molecule has 34 heavy (non-hydrogen) atoms. The third kappa shape index (κ3) is 5.84. The average molecular weight is 472 g/mol. The fourth-order valence-electron chi connectivity index (χ4n) is 3.59. The van der Waals surface area contributed by atoms with Gasteiger partial charge in [0, 0.05) is 24.6 Å². The summed E-state index contributed by atoms with van der Waals surface area (Å²) in [6, 6.07) is 9.50. The number of ether oxygens (including phenoxy) is 3. The second-order valence-electron chi connectivity index (χ2n) is 7.82. The molecule has 0 saturated heterocycles. The lowest BCUT2D eigenvalue weighted by atomic mass is 10.1. The molecule has 0 radical (unpaired) electrons. The monoisotopic (exact) mass is 471 g/mol. The van der Waals surface area contributed by atoms with E-state index in [0.717, 1.165) is 12.0 Å². The summed E-state index contributed by atoms with van der Waals surface area (Å²) in [6.07, 6.45) is 1.40. The molecular formula is C25H30FN3O5. The Morgan fingerprint density at radius 2 is 1.74 bits per heavy atom. The lowest BCUT2D eigenvalue weighted by molar-refractivity contribution is -0.132. The molecule has 0 N–H and O–H groups in total. The van der Waals surface area contributed by atoms with Crippen LogP contribution in [0.15, 0.2) is 40.9 Å². The molecule has 9 heteroatoms. The van der Waals surface area contributed by atoms with Gasteiger partial charge in [-0.25, -0.2) is 4.39 Å². The van der Waals surface area contributed by atoms with Crippen molar-refractivity contribution in [2.24, 2.45) is 0 Å². The minimum Gasteiger partial charge on any atom is -0.493 e. The molecular weight excluding hydrogens is 441 g/mol. The van der Waals surface area contributed by atoms with E-state index in [1.165, 1.54) is 33.5 Å². The van der Waals surface area contributed by atoms with Gasteiger partial charge in [0.1, 0.15) is 5.82 Å². The number of nitrogens with zero attached hydrogens (tertiary/aromatic N) is 3. The molecule has 0 aliphatic rings. The first-order chi connectivity index (χ1) is 16.4. The summed E-state index contributed by atoms with van der Waals surface area (Å²) in [5, 5.41) is 4.08. The summed E-state index contributed by atoms with van der Waals surface area (Å²) < 4.78 is 34.8. The third-order valence-electron chi connectivity index (χ3n) is 5.67. The van der Waals surface area contributed by atoms with Crippen LogP contribution in [0.3, 0.4) is 0 Å². The molecule has 1 amide bonds. The normalized spacial score (nSPS) is 11.7. The van der Waals surface area contributed by atoms with Gasteiger partial charge < -0.3 is 23.6 Å². The molecule has 0 aliphatic heterocycles. The highest BCUT2D eigenvalue weighted by atomic mass is 19.1. The van der Waals surface area contributed by atoms with Gasteiger partial charge in [-0.2, -0.15) is 4.98 Å². The standard InChI is InChI=1S/C25H30FN3O5/c1-6-16(2)29(23(30)13-17-7-9-19(26)10-8-17)12-11-22-27-25(28-34-22)18-14-20(31-3)24(33-5)21(15-18)32-4/h7-10,14-16H,6,11-13H2,1-5H3/t16-/m1/s1. The van der Waals surface area contributed by atoms with Gasteiger partial charge in [0.25, 0.3) is 0 Å². The highest BCUT2D eigenvalue weighted by Crippen LogP contribution is 2.40. The van der Waals surface area contributed by atoms with Crippen molar-refractivity contribution in [2.75, 3.05) is 27.9 Å². The van der Waals surface area contributed by atoms with E-state index in [1.807, 2.05) is 13.8 Å². The molecule has 0 fully saturated rings. The predicted molar refractivity (Wildman–Crippen MR) is 125 cm³/mol. The molecule has 0 saturated carbocycles. The van der Waals surface area contributed by atoms with Gasteiger partial charge in [0.05, 0.1) is 27.8 Å². The topological polar surface area (TPSA) is 86.9 Å². The van der Waals surface area contributed by atoms with E-state index in [2.05, 4.69) is 10.1 Å². The summed E-state index contributed by atoms with van der Waals surface area (Å²) in [7, 11) is 4.61. The number of halogens is 1. The molecule has 2 aromatic carbocycles. The van der Waals surface area contributed by atoms with E-state index >= 15 is 0 Å². The Kier molecular flexibility index (Phi) is 8.45. The Bertz CT molecular complexity index is 1080. The molecule has 1 heterocycles. The quantitative estimate of drug-likeness (QED) is 0.412. The molecule has 3 aromatic rings. The molecule has 8 nitrogen and oxygen atoms in total. The Labute approximate surface area is 198 Å². The van der Waals surface area contributed by atoms with Crippen molar-refractivity contribution < 1.29 is 27.9 Å². The van der Waals surface area contributed by atoms with E-state index in [9.17, 15) is 9.18 Å². The van der Waals surface area contributed by atoms with Crippen molar-refractivity contribution in [2.45, 2.75) is 39.2 Å². The average Bonchev–Trinajstić information content (AvgIpc) is 3.33. The molecule has 0 bridgehead atoms. The summed E-state index contributed by atoms with van der Waals surface area (Å²) in [4.78, 5) is 19.3. The highest BCUT2D eigenvalue weighted by Gasteiger charge is 2.21. The second kappa shape index (κ2) is 11.5. The van der Waals surface area contributed by atoms with E-state index in [4.69, 9.17) is 18.7 Å². The zero-order valence-electron chi connectivity index (χ0n) is 20.1. The smallest absolute Gasteiger partial charge is 0.228 e. The van der Waals surface area contributed by atoms with Crippen LogP contribution >= 0.6 is 0 Å². The SMILES string of the molecule is CC[C@@H](C)N(CCc1nc(-c2cc(OC)c(OC)c(OC)c2)no1)C(=O)Cc1ccc(F)cc1. The van der Waals surface area contributed by atoms with E-state index in [-0.39, 0.29) is 24.2 Å². The van der Waals surface area contributed by atoms with Crippen LogP contribution in [0.5, 0.6) is 17.2 Å². The van der Waals surface area contributed by atoms with Crippen molar-refractivity contribution in [3.63, 3.8) is 0 Å². The van der Waals surface area contributed by atoms with Gasteiger partial charge in [-0.3, -0.25) is 4.79 Å². The van der Waals surface area contributed by atoms with Gasteiger partial charge in [-0.15, -0.1) is 0 Å². The first-order valence-corrected chi connectivity index (χ1v) is 11.1. The number of carbonyl (C=O) groups is 1. The van der Waals surface area contributed by atoms with Crippen molar-refractivity contribution in [1.82, 2.24) is 15.0 Å². The van der Waals surface area contributed by atoms with E-state index < -0.39 is 0 Å². The summed E-state index contributed by atoms with van der Waals surface area (Å²) in [6.45, 7) is 4.45. The summed E-state index contributed by atoms with van der Waals surface area (Å²) in [5.41, 5.74) is 1.41. The maximum absolute atomic E-state index is 13.2. The number of amides is 1. The lowest BCUT2D eigenvalue weighted by Crippen LogP contribution is -2.40. The predicted octanol–water partition coefficient (Wildman–Crippen LogP) is 4.31. The van der Waals surface area contributed by atoms with Gasteiger partial charge in [0.2, 0.25) is 23.4 Å². The van der Waals surface area contributed by atoms with Gasteiger partial charge in [0.15, 0.2) is 11.5 Å². The molecule has 0 aliphatic carbocycles. The van der Waals surface area contributed by atoms with Crippen LogP contribution in [0.4, 0.5) is 4.39 Å². The number of aromatic nitrogens is 2. The molecule has 1 aromatic heterocycles. The highest BCUT2D eigenvalue weighted by molar-refractivity contribution is 5.79. The van der Waals surface area contributed by atoms with Crippen LogP contribution in [-0.4, -0.2) is 54.9 Å². The molecule has 182 valence electrons. The molecule has 1 atom stereocenters. The van der Waals surface area contributed by atoms with Crippen LogP contribution in [0.2, 0.25) is 0 Å². The first kappa shape index (κ1) is 25.0. The maximum Gasteiger partial charge on any atom is 0.228 e. The minimum absolute atomic E-state index is 0.0328. The number of hydrogen-bond acceptors (Lipinski definition) is 7. The van der Waals surface area contributed by atoms with Crippen LogP contribution in [0.25, 0.3) is 11.4 Å². The Hall–Kier alpha value is -3.62. The van der Waals surface area contributed by atoms with Crippen molar-refractivity contribution in [3.05, 3.63) is 53.7 Å². The van der Waals surface area contributed by atoms with Crippen molar-refractivity contribution in [1.29, 1.82) is 0 Å². The number of rotatable bonds is 11. The van der Waals surface area contributed by atoms with Gasteiger partial charge in [-0.05, 0) is 43.2 Å². The second-order valence-corrected chi connectivity index (χ2v) is 7.82. The van der Waals surface area contributed by atoms with Crippen molar-refractivity contribution in [3.8, 4) is 28.6 Å². The molecule has 0 spiro atoms. The molecule has 3 rings (SSSR count). The number of carbonyl (C=O) groups excluding carboxylic acids is 1. The molecule has 0 unspecified atom stereocenters. The van der Waals surface area contributed by atoms with Crippen LogP contribution in [-0.2, 0) is 17.6 Å². The van der Waals surface area contributed by atoms with Gasteiger partial charge >= 0.3 is 0 Å². The Morgan fingerprint density at radius 1 is 1.09 bits per heavy atom. The fourth-order valence-corrected chi connectivity index (χ4v) is 3.59. The summed E-state index contributed by atoms with van der Waals surface area (Å²) in [5.74, 6) is 1.87. The fraction of sp³-hybridized carbons (Fsp3) is 0.400. The third-order valence-corrected chi connectivity index (χ3v) is 5.67. The lowest BCUT2D eigenvalue weighted by Gasteiger charge is -2.28. The van der Waals surface area contributed by atoms with Crippen molar-refractivity contribution >= 4 is 5.91 Å². The number of benzene rings is 2. The van der Waals surface area contributed by atoms with Crippen LogP contribution in [0.1, 0.15) is 31.7 Å². The number of hydrogen-bond donors (Lipinski definition) is 0. The largest absolute Gasteiger partial charge is 0.493 e.